The predicted octanol–water partition coefficient (Wildman–Crippen LogP) is 1.83. The number of ether oxygens (including phenoxy) is 1. The van der Waals surface area contributed by atoms with Gasteiger partial charge in [0, 0.05) is 28.2 Å². The van der Waals surface area contributed by atoms with Crippen LogP contribution in [0.3, 0.4) is 0 Å². The molecule has 11 nitrogen and oxygen atoms in total. The maximum absolute atomic E-state index is 14.3. The predicted molar refractivity (Wildman–Crippen MR) is 155 cm³/mol. The van der Waals surface area contributed by atoms with Gasteiger partial charge in [0.2, 0.25) is 23.6 Å². The van der Waals surface area contributed by atoms with Crippen molar-refractivity contribution in [1.82, 2.24) is 25.3 Å². The van der Waals surface area contributed by atoms with E-state index in [1.807, 2.05) is 0 Å². The van der Waals surface area contributed by atoms with Crippen LogP contribution in [0.1, 0.15) is 91.4 Å². The number of hydrogen-bond acceptors (Lipinski definition) is 7. The number of carbonyl (C=O) groups excluding carboxylic acids is 5. The Balaban J connectivity index is 1.88. The molecule has 2 aliphatic carbocycles. The first-order chi connectivity index (χ1) is 19.2. The van der Waals surface area contributed by atoms with Crippen molar-refractivity contribution in [2.45, 2.75) is 121 Å². The van der Waals surface area contributed by atoms with Crippen LogP contribution in [-0.4, -0.2) is 108 Å². The highest BCUT2D eigenvalue weighted by Crippen LogP contribution is 2.36. The van der Waals surface area contributed by atoms with Crippen molar-refractivity contribution < 1.29 is 28.7 Å². The van der Waals surface area contributed by atoms with Gasteiger partial charge >= 0.3 is 5.97 Å². The molecule has 0 aromatic heterocycles. The number of nitrogens with one attached hydrogen (secondary N) is 2. The average Bonchev–Trinajstić information content (AvgIpc) is 3.68. The molecule has 1 saturated heterocycles. The highest BCUT2D eigenvalue weighted by Gasteiger charge is 2.49. The highest BCUT2D eigenvalue weighted by atomic mass is 16.6. The van der Waals surface area contributed by atoms with Gasteiger partial charge in [-0.2, -0.15) is 0 Å². The smallest absolute Gasteiger partial charge is 0.308 e. The highest BCUT2D eigenvalue weighted by molar-refractivity contribution is 5.97. The van der Waals surface area contributed by atoms with Crippen molar-refractivity contribution in [3.05, 3.63) is 0 Å². The fourth-order valence-electron chi connectivity index (χ4n) is 6.61. The van der Waals surface area contributed by atoms with Crippen molar-refractivity contribution in [1.29, 1.82) is 0 Å². The van der Waals surface area contributed by atoms with E-state index in [1.165, 1.54) is 21.7 Å². The van der Waals surface area contributed by atoms with Gasteiger partial charge in [-0.15, -0.1) is 0 Å². The summed E-state index contributed by atoms with van der Waals surface area (Å²) in [5.41, 5.74) is -1.79. The van der Waals surface area contributed by atoms with Gasteiger partial charge in [0.25, 0.3) is 0 Å². The zero-order valence-electron chi connectivity index (χ0n) is 26.1. The quantitative estimate of drug-likeness (QED) is 0.379. The molecule has 0 spiro atoms. The van der Waals surface area contributed by atoms with Crippen LogP contribution >= 0.6 is 0 Å². The second kappa shape index (κ2) is 13.5. The molecule has 1 aliphatic heterocycles. The lowest BCUT2D eigenvalue weighted by molar-refractivity contribution is -0.161. The van der Waals surface area contributed by atoms with Gasteiger partial charge in [0.05, 0.1) is 12.5 Å². The molecular weight excluding hydrogens is 526 g/mol. The molecule has 3 atom stereocenters. The number of likely N-dealkylation sites (N-methyl/N-ethyl adjacent to an activating group) is 3. The van der Waals surface area contributed by atoms with E-state index in [0.717, 1.165) is 57.9 Å². The Morgan fingerprint density at radius 3 is 2.00 bits per heavy atom. The molecule has 4 amide bonds. The average molecular weight is 578 g/mol. The molecule has 232 valence electrons. The molecule has 2 N–H and O–H groups in total. The summed E-state index contributed by atoms with van der Waals surface area (Å²) in [7, 11) is 6.34. The zero-order chi connectivity index (χ0) is 30.5. The van der Waals surface area contributed by atoms with Crippen LogP contribution in [0.15, 0.2) is 0 Å². The molecule has 3 rings (SSSR count). The minimum Gasteiger partial charge on any atom is -0.460 e. The van der Waals surface area contributed by atoms with E-state index in [0.29, 0.717) is 12.8 Å². The summed E-state index contributed by atoms with van der Waals surface area (Å²) < 4.78 is 5.48. The number of carbonyl (C=O) groups is 5. The Bertz CT molecular complexity index is 974. The first kappa shape index (κ1) is 32.8. The van der Waals surface area contributed by atoms with Crippen LogP contribution in [0.5, 0.6) is 0 Å². The van der Waals surface area contributed by atoms with Gasteiger partial charge in [-0.1, -0.05) is 25.7 Å². The molecule has 3 aliphatic rings. The van der Waals surface area contributed by atoms with Crippen molar-refractivity contribution in [3.8, 4) is 0 Å². The van der Waals surface area contributed by atoms with Crippen molar-refractivity contribution in [2.24, 2.45) is 5.92 Å². The fourth-order valence-corrected chi connectivity index (χ4v) is 6.61. The van der Waals surface area contributed by atoms with Crippen LogP contribution in [0, 0.1) is 5.92 Å². The number of esters is 1. The molecule has 0 aromatic carbocycles. The van der Waals surface area contributed by atoms with Crippen molar-refractivity contribution in [3.63, 3.8) is 0 Å². The largest absolute Gasteiger partial charge is 0.460 e. The van der Waals surface area contributed by atoms with E-state index < -0.39 is 35.1 Å². The second-order valence-electron chi connectivity index (χ2n) is 13.3. The van der Waals surface area contributed by atoms with Gasteiger partial charge in [-0.25, -0.2) is 0 Å². The molecule has 2 saturated carbocycles. The van der Waals surface area contributed by atoms with Crippen molar-refractivity contribution >= 4 is 29.6 Å². The Morgan fingerprint density at radius 2 is 1.49 bits per heavy atom. The van der Waals surface area contributed by atoms with Crippen LogP contribution in [0.4, 0.5) is 0 Å². The first-order valence-corrected chi connectivity index (χ1v) is 15.2. The van der Waals surface area contributed by atoms with Gasteiger partial charge in [-0.3, -0.25) is 24.0 Å². The lowest BCUT2D eigenvalue weighted by atomic mass is 9.90. The molecule has 3 fully saturated rings. The Hall–Kier alpha value is -2.69. The first-order valence-electron chi connectivity index (χ1n) is 15.2. The van der Waals surface area contributed by atoms with Gasteiger partial charge in [0.15, 0.2) is 0 Å². The molecule has 41 heavy (non-hydrogen) atoms. The lowest BCUT2D eigenvalue weighted by Gasteiger charge is -2.41. The number of rotatable bonds is 10. The Kier molecular flexibility index (Phi) is 10.8. The number of hydrogen-bond donors (Lipinski definition) is 2. The third-order valence-electron chi connectivity index (χ3n) is 8.76. The summed E-state index contributed by atoms with van der Waals surface area (Å²) >= 11 is 0. The second-order valence-corrected chi connectivity index (χ2v) is 13.3. The van der Waals surface area contributed by atoms with E-state index in [9.17, 15) is 24.0 Å². The third-order valence-corrected chi connectivity index (χ3v) is 8.76. The summed E-state index contributed by atoms with van der Waals surface area (Å²) in [5.74, 6) is -1.86. The van der Waals surface area contributed by atoms with Crippen LogP contribution in [0.25, 0.3) is 0 Å². The van der Waals surface area contributed by atoms with E-state index in [-0.39, 0.29) is 36.1 Å². The molecule has 11 heteroatoms. The SMILES string of the molecule is CN(C)C(=O)[C@H](CC(=O)OC(C)(C)C)N(C)C(=O)[C@H](C1CCCC1)N(C)C(=O)C1(NC(=O)[C@@H]2CCCN2)CCCC1. The summed E-state index contributed by atoms with van der Waals surface area (Å²) in [4.78, 5) is 71.9. The normalized spacial score (nSPS) is 22.1. The van der Waals surface area contributed by atoms with E-state index in [2.05, 4.69) is 10.6 Å². The maximum Gasteiger partial charge on any atom is 0.308 e. The molecule has 0 radical (unpaired) electrons. The Morgan fingerprint density at radius 1 is 0.878 bits per heavy atom. The zero-order valence-corrected chi connectivity index (χ0v) is 26.1. The summed E-state index contributed by atoms with van der Waals surface area (Å²) in [6.45, 7) is 6.03. The lowest BCUT2D eigenvalue weighted by Crippen LogP contribution is -2.64. The maximum atomic E-state index is 14.3. The number of nitrogens with zero attached hydrogens (tertiary/aromatic N) is 3. The van der Waals surface area contributed by atoms with Gasteiger partial charge in [-0.05, 0) is 71.8 Å². The fraction of sp³-hybridized carbons (Fsp3) is 0.833. The Labute approximate surface area is 245 Å². The van der Waals surface area contributed by atoms with Crippen LogP contribution in [-0.2, 0) is 28.7 Å². The van der Waals surface area contributed by atoms with Crippen LogP contribution in [0.2, 0.25) is 0 Å². The van der Waals surface area contributed by atoms with E-state index in [1.54, 1.807) is 41.9 Å². The molecule has 0 bridgehead atoms. The molecular formula is C30H51N5O6. The summed E-state index contributed by atoms with van der Waals surface area (Å²) in [5, 5.41) is 6.30. The van der Waals surface area contributed by atoms with E-state index >= 15 is 0 Å². The molecule has 0 aromatic rings. The monoisotopic (exact) mass is 577 g/mol. The van der Waals surface area contributed by atoms with Gasteiger partial charge in [0.1, 0.15) is 23.2 Å². The standard InChI is InChI=1S/C30H51N5O6/c1-29(2,3)41-23(36)19-22(26(38)33(4)5)34(6)27(39)24(20-13-8-9-14-20)35(7)28(40)30(16-10-11-17-30)32-25(37)21-15-12-18-31-21/h20-22,24,31H,8-19H2,1-7H3,(H,32,37)/t21-,22-,24-/m0/s1. The summed E-state index contributed by atoms with van der Waals surface area (Å²) in [6.07, 6.45) is 7.51. The van der Waals surface area contributed by atoms with Crippen LogP contribution < -0.4 is 10.6 Å². The van der Waals surface area contributed by atoms with E-state index in [4.69, 9.17) is 4.74 Å². The summed E-state index contributed by atoms with van der Waals surface area (Å²) in [6, 6.07) is -2.20. The molecule has 0 unspecified atom stereocenters. The minimum absolute atomic E-state index is 0.0822. The van der Waals surface area contributed by atoms with Gasteiger partial charge < -0.3 is 30.1 Å². The minimum atomic E-state index is -1.08. The molecule has 1 heterocycles. The topological polar surface area (TPSA) is 128 Å². The van der Waals surface area contributed by atoms with Crippen molar-refractivity contribution in [2.75, 3.05) is 34.7 Å². The third kappa shape index (κ3) is 7.99. The number of amides is 4.